The Hall–Kier alpha value is -5.00. The summed E-state index contributed by atoms with van der Waals surface area (Å²) in [5, 5.41) is 5.03. The number of alkyl halides is 3. The molecule has 3 heterocycles. The molecule has 1 fully saturated rings. The number of carbonyl (C=O) groups excluding carboxylic acids is 2. The van der Waals surface area contributed by atoms with Gasteiger partial charge in [0.15, 0.2) is 5.69 Å². The van der Waals surface area contributed by atoms with E-state index in [2.05, 4.69) is 20.6 Å². The molecule has 2 N–H and O–H groups in total. The zero-order valence-corrected chi connectivity index (χ0v) is 23.5. The fourth-order valence-corrected chi connectivity index (χ4v) is 4.91. The molecule has 0 spiro atoms. The molecule has 1 aliphatic rings. The highest BCUT2D eigenvalue weighted by Gasteiger charge is 2.41. The summed E-state index contributed by atoms with van der Waals surface area (Å²) in [6.07, 6.45) is 2.28. The molecule has 1 atom stereocenters. The molecule has 0 bridgehead atoms. The van der Waals surface area contributed by atoms with Crippen LogP contribution in [-0.2, 0) is 6.18 Å². The number of amides is 3. The molecule has 2 aromatic heterocycles. The van der Waals surface area contributed by atoms with Gasteiger partial charge in [-0.05, 0) is 55.2 Å². The Morgan fingerprint density at radius 3 is 2.41 bits per heavy atom. The lowest BCUT2D eigenvalue weighted by atomic mass is 9.92. The van der Waals surface area contributed by atoms with E-state index in [1.54, 1.807) is 59.5 Å². The number of aromatic nitrogens is 2. The predicted octanol–water partition coefficient (Wildman–Crippen LogP) is 7.84. The van der Waals surface area contributed by atoms with Crippen LogP contribution in [0, 0.1) is 5.82 Å². The maximum atomic E-state index is 14.0. The summed E-state index contributed by atoms with van der Waals surface area (Å²) in [7, 11) is 0. The molecule has 44 heavy (non-hydrogen) atoms. The lowest BCUT2D eigenvalue weighted by Gasteiger charge is -2.28. The highest BCUT2D eigenvalue weighted by Crippen LogP contribution is 2.33. The van der Waals surface area contributed by atoms with Crippen molar-refractivity contribution >= 4 is 35.5 Å². The summed E-state index contributed by atoms with van der Waals surface area (Å²) in [6.45, 7) is 0.967. The molecule has 1 aliphatic heterocycles. The van der Waals surface area contributed by atoms with Crippen LogP contribution in [0.4, 0.5) is 33.7 Å². The second kappa shape index (κ2) is 13.5. The zero-order chi connectivity index (χ0) is 31.1. The maximum absolute atomic E-state index is 14.0. The van der Waals surface area contributed by atoms with Crippen molar-refractivity contribution in [2.24, 2.45) is 0 Å². The Morgan fingerprint density at radius 2 is 1.68 bits per heavy atom. The SMILES string of the molecule is O=C(Nc1ccc(C2CCCCN(C(=O)Nc3ccccc3F)CC2)nc1)c1oc(C=Cc2ccccc2)nc1C(F)(F)F. The van der Waals surface area contributed by atoms with Gasteiger partial charge < -0.3 is 20.0 Å². The second-order valence-corrected chi connectivity index (χ2v) is 10.3. The average Bonchev–Trinajstić information content (AvgIpc) is 3.44. The second-order valence-electron chi connectivity index (χ2n) is 10.3. The van der Waals surface area contributed by atoms with Gasteiger partial charge in [0.25, 0.3) is 5.91 Å². The minimum Gasteiger partial charge on any atom is -0.431 e. The average molecular weight is 608 g/mol. The molecule has 228 valence electrons. The van der Waals surface area contributed by atoms with Crippen molar-refractivity contribution in [3.05, 3.63) is 107 Å². The number of urea groups is 1. The molecule has 5 rings (SSSR count). The van der Waals surface area contributed by atoms with Gasteiger partial charge in [-0.3, -0.25) is 9.78 Å². The summed E-state index contributed by atoms with van der Waals surface area (Å²) >= 11 is 0. The Balaban J connectivity index is 1.23. The van der Waals surface area contributed by atoms with Gasteiger partial charge in [0.1, 0.15) is 5.82 Å². The van der Waals surface area contributed by atoms with Crippen LogP contribution in [-0.4, -0.2) is 39.9 Å². The van der Waals surface area contributed by atoms with Crippen molar-refractivity contribution in [1.29, 1.82) is 0 Å². The predicted molar refractivity (Wildman–Crippen MR) is 157 cm³/mol. The number of nitrogens with one attached hydrogen (secondary N) is 2. The Labute approximate surface area is 250 Å². The number of likely N-dealkylation sites (tertiary alicyclic amines) is 1. The third kappa shape index (κ3) is 7.68. The van der Waals surface area contributed by atoms with Crippen molar-refractivity contribution in [2.45, 2.75) is 37.8 Å². The molecule has 2 aromatic carbocycles. The summed E-state index contributed by atoms with van der Waals surface area (Å²) < 4.78 is 60.2. The highest BCUT2D eigenvalue weighted by atomic mass is 19.4. The molecule has 0 aliphatic carbocycles. The van der Waals surface area contributed by atoms with Gasteiger partial charge in [0.2, 0.25) is 11.7 Å². The number of carbonyl (C=O) groups is 2. The van der Waals surface area contributed by atoms with Crippen LogP contribution in [0.25, 0.3) is 12.2 Å². The lowest BCUT2D eigenvalue weighted by Crippen LogP contribution is -2.38. The summed E-state index contributed by atoms with van der Waals surface area (Å²) in [4.78, 5) is 35.2. The number of pyridine rings is 1. The van der Waals surface area contributed by atoms with Gasteiger partial charge in [-0.1, -0.05) is 48.9 Å². The Bertz CT molecular complexity index is 1620. The van der Waals surface area contributed by atoms with Crippen molar-refractivity contribution in [1.82, 2.24) is 14.9 Å². The van der Waals surface area contributed by atoms with E-state index in [4.69, 9.17) is 4.42 Å². The highest BCUT2D eigenvalue weighted by molar-refractivity contribution is 6.03. The van der Waals surface area contributed by atoms with Crippen molar-refractivity contribution in [3.63, 3.8) is 0 Å². The van der Waals surface area contributed by atoms with Crippen molar-refractivity contribution in [2.75, 3.05) is 23.7 Å². The number of anilines is 2. The molecule has 3 amide bonds. The van der Waals surface area contributed by atoms with Crippen LogP contribution in [0.5, 0.6) is 0 Å². The van der Waals surface area contributed by atoms with E-state index in [1.807, 2.05) is 0 Å². The minimum atomic E-state index is -4.91. The first-order valence-electron chi connectivity index (χ1n) is 14.1. The van der Waals surface area contributed by atoms with E-state index >= 15 is 0 Å². The number of para-hydroxylation sites is 1. The maximum Gasteiger partial charge on any atom is 0.437 e. The van der Waals surface area contributed by atoms with Gasteiger partial charge in [-0.2, -0.15) is 13.2 Å². The van der Waals surface area contributed by atoms with Crippen LogP contribution in [0.1, 0.15) is 65.0 Å². The third-order valence-corrected chi connectivity index (χ3v) is 7.18. The third-order valence-electron chi connectivity index (χ3n) is 7.18. The Morgan fingerprint density at radius 1 is 0.909 bits per heavy atom. The molecular formula is C32H29F4N5O3. The normalized spacial score (nSPS) is 15.9. The summed E-state index contributed by atoms with van der Waals surface area (Å²) in [5.41, 5.74) is 0.317. The first-order valence-corrected chi connectivity index (χ1v) is 14.1. The topological polar surface area (TPSA) is 100 Å². The van der Waals surface area contributed by atoms with Crippen LogP contribution in [0.3, 0.4) is 0 Å². The number of halogens is 4. The quantitative estimate of drug-likeness (QED) is 0.218. The van der Waals surface area contributed by atoms with Crippen LogP contribution in [0.2, 0.25) is 0 Å². The summed E-state index contributed by atoms with van der Waals surface area (Å²) in [5.74, 6) is -2.93. The van der Waals surface area contributed by atoms with Gasteiger partial charge >= 0.3 is 12.2 Å². The van der Waals surface area contributed by atoms with Crippen molar-refractivity contribution in [3.8, 4) is 0 Å². The molecule has 0 radical (unpaired) electrons. The monoisotopic (exact) mass is 607 g/mol. The molecule has 1 unspecified atom stereocenters. The van der Waals surface area contributed by atoms with E-state index < -0.39 is 29.4 Å². The Kier molecular flexibility index (Phi) is 9.37. The fourth-order valence-electron chi connectivity index (χ4n) is 4.91. The summed E-state index contributed by atoms with van der Waals surface area (Å²) in [6, 6.07) is 17.7. The number of hydrogen-bond donors (Lipinski definition) is 2. The molecule has 12 heteroatoms. The first-order chi connectivity index (χ1) is 21.2. The van der Waals surface area contributed by atoms with E-state index in [9.17, 15) is 27.2 Å². The lowest BCUT2D eigenvalue weighted by molar-refractivity contribution is -0.141. The molecular weight excluding hydrogens is 578 g/mol. The largest absolute Gasteiger partial charge is 0.437 e. The standard InChI is InChI=1S/C32H29F4N5O3/c33-24-11-4-5-12-26(24)39-31(43)41-18-7-6-10-22(17-19-41)25-15-14-23(20-37-25)38-30(42)28-29(32(34,35)36)40-27(44-28)16-13-21-8-2-1-3-9-21/h1-5,8-9,11-16,20,22H,6-7,10,17-19H2,(H,38,42)(H,39,43). The van der Waals surface area contributed by atoms with Gasteiger partial charge in [0.05, 0.1) is 17.6 Å². The number of nitrogens with zero attached hydrogens (tertiary/aromatic N) is 3. The first kappa shape index (κ1) is 30.5. The minimum absolute atomic E-state index is 0.00822. The van der Waals surface area contributed by atoms with Crippen LogP contribution in [0.15, 0.2) is 77.3 Å². The number of benzene rings is 2. The van der Waals surface area contributed by atoms with E-state index in [0.29, 0.717) is 19.5 Å². The van der Waals surface area contributed by atoms with Crippen LogP contribution >= 0.6 is 0 Å². The van der Waals surface area contributed by atoms with E-state index in [-0.39, 0.29) is 29.2 Å². The van der Waals surface area contributed by atoms with E-state index in [0.717, 1.165) is 30.5 Å². The number of oxazole rings is 1. The van der Waals surface area contributed by atoms with Gasteiger partial charge in [-0.15, -0.1) is 0 Å². The molecule has 0 saturated carbocycles. The fraction of sp³-hybridized carbons (Fsp3) is 0.250. The smallest absolute Gasteiger partial charge is 0.431 e. The zero-order valence-electron chi connectivity index (χ0n) is 23.5. The van der Waals surface area contributed by atoms with Crippen molar-refractivity contribution < 1.29 is 31.6 Å². The number of rotatable bonds is 6. The van der Waals surface area contributed by atoms with Gasteiger partial charge in [0, 0.05) is 30.8 Å². The van der Waals surface area contributed by atoms with Gasteiger partial charge in [-0.25, -0.2) is 14.2 Å². The molecule has 8 nitrogen and oxygen atoms in total. The molecule has 1 saturated heterocycles. The number of hydrogen-bond acceptors (Lipinski definition) is 5. The van der Waals surface area contributed by atoms with E-state index in [1.165, 1.54) is 30.5 Å². The molecule has 4 aromatic rings. The van der Waals surface area contributed by atoms with Crippen LogP contribution < -0.4 is 10.6 Å².